The van der Waals surface area contributed by atoms with Gasteiger partial charge in [0.15, 0.2) is 12.5 Å². The van der Waals surface area contributed by atoms with Crippen molar-refractivity contribution in [2.45, 2.75) is 77.7 Å². The summed E-state index contributed by atoms with van der Waals surface area (Å²) in [6, 6.07) is 7.42. The largest absolute Gasteiger partial charge is 0.537 e. The zero-order valence-corrected chi connectivity index (χ0v) is 14.8. The Kier molecular flexibility index (Phi) is 7.80. The average molecular weight is 331 g/mol. The van der Waals surface area contributed by atoms with Gasteiger partial charge in [0, 0.05) is 12.5 Å². The van der Waals surface area contributed by atoms with E-state index in [1.165, 1.54) is 51.4 Å². The lowest BCUT2D eigenvalue weighted by Crippen LogP contribution is -2.42. The molecule has 0 radical (unpaired) electrons. The standard InChI is InChI=1S/C20H29NO3/c1-2-3-4-5-6-7-8-9-10-13-16-21-17-14-11-12-15-18(17)24-19(21)20(22)23/h11-12,14-15H,2-10,13,16H2,1H3. The summed E-state index contributed by atoms with van der Waals surface area (Å²) in [4.78, 5) is 11.2. The Morgan fingerprint density at radius 2 is 1.54 bits per heavy atom. The molecule has 0 atom stereocenters. The number of fused-ring (bicyclic) bond motifs is 1. The van der Waals surface area contributed by atoms with Crippen LogP contribution in [0.15, 0.2) is 28.7 Å². The van der Waals surface area contributed by atoms with Gasteiger partial charge in [-0.2, -0.15) is 4.57 Å². The predicted molar refractivity (Wildman–Crippen MR) is 92.6 cm³/mol. The fourth-order valence-electron chi connectivity index (χ4n) is 3.17. The number of rotatable bonds is 12. The van der Waals surface area contributed by atoms with Crippen LogP contribution in [0.4, 0.5) is 0 Å². The van der Waals surface area contributed by atoms with E-state index in [1.54, 1.807) is 10.6 Å². The lowest BCUT2D eigenvalue weighted by atomic mass is 10.1. The van der Waals surface area contributed by atoms with Gasteiger partial charge in [0.25, 0.3) is 5.52 Å². The number of carbonyl (C=O) groups excluding carboxylic acids is 1. The zero-order valence-electron chi connectivity index (χ0n) is 14.8. The lowest BCUT2D eigenvalue weighted by molar-refractivity contribution is -0.681. The van der Waals surface area contributed by atoms with Gasteiger partial charge in [-0.3, -0.25) is 0 Å². The van der Waals surface area contributed by atoms with Crippen molar-refractivity contribution in [3.05, 3.63) is 30.2 Å². The number of benzene rings is 1. The topological polar surface area (TPSA) is 57.1 Å². The van der Waals surface area contributed by atoms with Crippen LogP contribution in [0.25, 0.3) is 11.1 Å². The molecule has 0 saturated carbocycles. The first-order valence-corrected chi connectivity index (χ1v) is 9.36. The van der Waals surface area contributed by atoms with Crippen molar-refractivity contribution >= 4 is 17.1 Å². The summed E-state index contributed by atoms with van der Waals surface area (Å²) in [7, 11) is 0. The van der Waals surface area contributed by atoms with Crippen LogP contribution in [0.3, 0.4) is 0 Å². The monoisotopic (exact) mass is 331 g/mol. The smallest absolute Gasteiger partial charge is 0.397 e. The van der Waals surface area contributed by atoms with E-state index in [0.717, 1.165) is 18.4 Å². The highest BCUT2D eigenvalue weighted by atomic mass is 16.4. The van der Waals surface area contributed by atoms with Crippen molar-refractivity contribution in [1.82, 2.24) is 0 Å². The second-order valence-electron chi connectivity index (χ2n) is 6.50. The Bertz CT molecular complexity index is 633. The van der Waals surface area contributed by atoms with E-state index in [0.29, 0.717) is 12.1 Å². The maximum atomic E-state index is 11.2. The number of aryl methyl sites for hydroxylation is 1. The highest BCUT2D eigenvalue weighted by Gasteiger charge is 2.22. The third-order valence-electron chi connectivity index (χ3n) is 4.52. The number of aromatic carboxylic acids is 1. The minimum absolute atomic E-state index is 0.0767. The van der Waals surface area contributed by atoms with Gasteiger partial charge in [0.1, 0.15) is 0 Å². The van der Waals surface area contributed by atoms with E-state index >= 15 is 0 Å². The first-order valence-electron chi connectivity index (χ1n) is 9.36. The van der Waals surface area contributed by atoms with Crippen molar-refractivity contribution in [2.24, 2.45) is 0 Å². The number of nitrogens with zero attached hydrogens (tertiary/aromatic N) is 1. The summed E-state index contributed by atoms with van der Waals surface area (Å²) < 4.78 is 7.14. The molecule has 1 aromatic heterocycles. The zero-order chi connectivity index (χ0) is 17.2. The Morgan fingerprint density at radius 3 is 2.17 bits per heavy atom. The predicted octanol–water partition coefficient (Wildman–Crippen LogP) is 4.00. The van der Waals surface area contributed by atoms with E-state index in [1.807, 2.05) is 18.2 Å². The Hall–Kier alpha value is -1.84. The second kappa shape index (κ2) is 10.1. The van der Waals surface area contributed by atoms with E-state index in [2.05, 4.69) is 6.92 Å². The molecule has 0 saturated heterocycles. The van der Waals surface area contributed by atoms with Gasteiger partial charge in [0.2, 0.25) is 5.58 Å². The Labute approximate surface area is 144 Å². The summed E-state index contributed by atoms with van der Waals surface area (Å²) in [5.74, 6) is -1.33. The van der Waals surface area contributed by atoms with Crippen LogP contribution in [0.2, 0.25) is 0 Å². The number of para-hydroxylation sites is 2. The third kappa shape index (κ3) is 5.36. The number of aromatic nitrogens is 1. The minimum atomic E-state index is -1.25. The average Bonchev–Trinajstić information content (AvgIpc) is 2.96. The molecule has 4 nitrogen and oxygen atoms in total. The van der Waals surface area contributed by atoms with Gasteiger partial charge in [-0.1, -0.05) is 70.4 Å². The number of hydrogen-bond acceptors (Lipinski definition) is 3. The number of unbranched alkanes of at least 4 members (excludes halogenated alkanes) is 9. The molecule has 0 aliphatic heterocycles. The summed E-state index contributed by atoms with van der Waals surface area (Å²) in [6.07, 6.45) is 12.6. The Morgan fingerprint density at radius 1 is 0.958 bits per heavy atom. The molecule has 1 heterocycles. The molecule has 2 aromatic rings. The maximum Gasteiger partial charge on any atom is 0.397 e. The van der Waals surface area contributed by atoms with Gasteiger partial charge in [-0.25, -0.2) is 0 Å². The molecule has 0 fully saturated rings. The van der Waals surface area contributed by atoms with Crippen LogP contribution in [0.1, 0.15) is 81.8 Å². The molecule has 0 bridgehead atoms. The number of carbonyl (C=O) groups is 1. The highest BCUT2D eigenvalue weighted by Crippen LogP contribution is 2.14. The van der Waals surface area contributed by atoms with Gasteiger partial charge in [0.05, 0.1) is 0 Å². The maximum absolute atomic E-state index is 11.2. The van der Waals surface area contributed by atoms with E-state index in [4.69, 9.17) is 4.42 Å². The normalized spacial score (nSPS) is 11.2. The number of oxazole rings is 1. The van der Waals surface area contributed by atoms with Crippen molar-refractivity contribution in [3.63, 3.8) is 0 Å². The molecule has 132 valence electrons. The first kappa shape index (κ1) is 18.5. The quantitative estimate of drug-likeness (QED) is 0.436. The number of carboxylic acids is 1. The summed E-state index contributed by atoms with van der Waals surface area (Å²) in [5.41, 5.74) is 1.43. The molecule has 0 unspecified atom stereocenters. The summed E-state index contributed by atoms with van der Waals surface area (Å²) >= 11 is 0. The molecule has 4 heteroatoms. The molecule has 1 aromatic carbocycles. The second-order valence-corrected chi connectivity index (χ2v) is 6.50. The molecule has 0 spiro atoms. The SMILES string of the molecule is CCCCCCCCCCCC[n+]1c(C(=O)[O-])oc2ccccc21. The fraction of sp³-hybridized carbons (Fsp3) is 0.600. The van der Waals surface area contributed by atoms with Crippen molar-refractivity contribution in [3.8, 4) is 0 Å². The van der Waals surface area contributed by atoms with Gasteiger partial charge >= 0.3 is 5.89 Å². The van der Waals surface area contributed by atoms with Crippen molar-refractivity contribution in [1.29, 1.82) is 0 Å². The van der Waals surface area contributed by atoms with Crippen LogP contribution in [-0.4, -0.2) is 5.97 Å². The number of carboxylic acid groups (broad SMARTS) is 1. The van der Waals surface area contributed by atoms with Crippen LogP contribution >= 0.6 is 0 Å². The van der Waals surface area contributed by atoms with Crippen LogP contribution in [0, 0.1) is 0 Å². The molecule has 24 heavy (non-hydrogen) atoms. The van der Waals surface area contributed by atoms with Crippen LogP contribution in [0.5, 0.6) is 0 Å². The lowest BCUT2D eigenvalue weighted by Gasteiger charge is -2.02. The van der Waals surface area contributed by atoms with Gasteiger partial charge < -0.3 is 14.3 Å². The third-order valence-corrected chi connectivity index (χ3v) is 4.52. The molecular weight excluding hydrogens is 302 g/mol. The molecule has 0 aliphatic rings. The Balaban J connectivity index is 1.72. The van der Waals surface area contributed by atoms with Gasteiger partial charge in [-0.15, -0.1) is 0 Å². The van der Waals surface area contributed by atoms with Gasteiger partial charge in [-0.05, 0) is 12.5 Å². The van der Waals surface area contributed by atoms with E-state index in [-0.39, 0.29) is 5.89 Å². The molecule has 0 N–H and O–H groups in total. The molecule has 0 aliphatic carbocycles. The number of hydrogen-bond donors (Lipinski definition) is 0. The minimum Gasteiger partial charge on any atom is -0.537 e. The molecule has 2 rings (SSSR count). The van der Waals surface area contributed by atoms with E-state index < -0.39 is 5.97 Å². The van der Waals surface area contributed by atoms with E-state index in [9.17, 15) is 9.90 Å². The first-order chi connectivity index (χ1) is 11.7. The van der Waals surface area contributed by atoms with Crippen LogP contribution < -0.4 is 9.67 Å². The summed E-state index contributed by atoms with van der Waals surface area (Å²) in [6.45, 7) is 2.91. The highest BCUT2D eigenvalue weighted by molar-refractivity contribution is 5.81. The summed E-state index contributed by atoms with van der Waals surface area (Å²) in [5, 5.41) is 11.2. The van der Waals surface area contributed by atoms with Crippen molar-refractivity contribution < 1.29 is 18.9 Å². The van der Waals surface area contributed by atoms with Crippen LogP contribution in [-0.2, 0) is 6.54 Å². The molecule has 0 amide bonds. The fourth-order valence-corrected chi connectivity index (χ4v) is 3.17. The van der Waals surface area contributed by atoms with Crippen molar-refractivity contribution in [2.75, 3.05) is 0 Å². The molecular formula is C20H29NO3.